The molecule has 0 aliphatic heterocycles. The molecule has 0 aliphatic carbocycles. The average molecular weight is 933 g/mol. The van der Waals surface area contributed by atoms with Crippen LogP contribution in [0.25, 0.3) is 148 Å². The lowest BCUT2D eigenvalue weighted by Crippen LogP contribution is -2.01. The molecule has 72 heavy (non-hydrogen) atoms. The number of para-hydroxylation sites is 1. The van der Waals surface area contributed by atoms with Crippen LogP contribution in [0.1, 0.15) is 0 Å². The molecule has 15 aromatic rings. The van der Waals surface area contributed by atoms with Crippen molar-refractivity contribution in [1.82, 2.24) is 19.4 Å². The summed E-state index contributed by atoms with van der Waals surface area (Å²) in [4.78, 5) is 16.0. The molecule has 0 atom stereocenters. The standard InChI is InChI=1S/C67H40N4S/c1-3-14-41(15-4-1)50-38-51(42-16-5-2-6-17-42)40-52(39-50)67-69-65(45-31-28-44(29-32-45)47-33-30-43-18-7-8-19-46(43)36-47)68-66(70-67)49-21-11-20-48(37-49)53-23-12-26-58-61(53)56-34-35-60-63-62-55(24-13-27-59(62)72-60)54-22-9-10-25-57(54)71(58)64(56)63/h1-40H. The zero-order valence-corrected chi connectivity index (χ0v) is 39.6. The van der Waals surface area contributed by atoms with Crippen molar-refractivity contribution >= 4 is 80.4 Å². The van der Waals surface area contributed by atoms with Crippen molar-refractivity contribution in [3.63, 3.8) is 0 Å². The van der Waals surface area contributed by atoms with Gasteiger partial charge in [-0.2, -0.15) is 0 Å². The fraction of sp³-hybridized carbons (Fsp3) is 0. The van der Waals surface area contributed by atoms with Crippen LogP contribution in [0, 0.1) is 0 Å². The van der Waals surface area contributed by atoms with Gasteiger partial charge in [0.15, 0.2) is 17.5 Å². The van der Waals surface area contributed by atoms with Crippen molar-refractivity contribution in [2.24, 2.45) is 0 Å². The highest BCUT2D eigenvalue weighted by Gasteiger charge is 2.23. The summed E-state index contributed by atoms with van der Waals surface area (Å²) >= 11 is 1.88. The van der Waals surface area contributed by atoms with Gasteiger partial charge >= 0.3 is 0 Å². The van der Waals surface area contributed by atoms with Crippen molar-refractivity contribution < 1.29 is 0 Å². The molecule has 0 fully saturated rings. The molecule has 0 unspecified atom stereocenters. The van der Waals surface area contributed by atoms with Gasteiger partial charge in [0.1, 0.15) is 0 Å². The topological polar surface area (TPSA) is 43.1 Å². The van der Waals surface area contributed by atoms with Crippen molar-refractivity contribution in [3.05, 3.63) is 243 Å². The average Bonchev–Trinajstić information content (AvgIpc) is 3.97. The van der Waals surface area contributed by atoms with Crippen LogP contribution in [0.4, 0.5) is 0 Å². The Morgan fingerprint density at radius 1 is 0.278 bits per heavy atom. The lowest BCUT2D eigenvalue weighted by molar-refractivity contribution is 1.07. The molecule has 0 spiro atoms. The number of rotatable bonds is 7. The fourth-order valence-electron chi connectivity index (χ4n) is 11.2. The van der Waals surface area contributed by atoms with Gasteiger partial charge < -0.3 is 4.40 Å². The minimum atomic E-state index is 0.610. The first-order valence-electron chi connectivity index (χ1n) is 24.4. The Morgan fingerprint density at radius 3 is 1.61 bits per heavy atom. The monoisotopic (exact) mass is 932 g/mol. The van der Waals surface area contributed by atoms with E-state index in [0.29, 0.717) is 17.5 Å². The fourth-order valence-corrected chi connectivity index (χ4v) is 12.3. The van der Waals surface area contributed by atoms with Gasteiger partial charge in [-0.25, -0.2) is 15.0 Å². The summed E-state index contributed by atoms with van der Waals surface area (Å²) in [6.45, 7) is 0. The van der Waals surface area contributed by atoms with E-state index in [4.69, 9.17) is 15.0 Å². The maximum atomic E-state index is 5.39. The summed E-state index contributed by atoms with van der Waals surface area (Å²) < 4.78 is 5.14. The van der Waals surface area contributed by atoms with Crippen LogP contribution in [-0.2, 0) is 0 Å². The maximum absolute atomic E-state index is 5.39. The number of benzene rings is 11. The minimum Gasteiger partial charge on any atom is -0.308 e. The normalized spacial score (nSPS) is 11.9. The van der Waals surface area contributed by atoms with Crippen molar-refractivity contribution in [2.45, 2.75) is 0 Å². The Morgan fingerprint density at radius 2 is 0.819 bits per heavy atom. The summed E-state index contributed by atoms with van der Waals surface area (Å²) in [5.41, 5.74) is 15.4. The SMILES string of the molecule is c1ccc(-c2cc(-c3ccccc3)cc(-c3nc(-c4ccc(-c5ccc6ccccc6c5)cc4)nc(-c4cccc(-c5cccc6c5c5ccc7sc8cccc9c%10ccccc%10n6c5c7c89)c4)n3)c2)cc1. The number of thiophene rings is 1. The Hall–Kier alpha value is -9.29. The Kier molecular flexibility index (Phi) is 9.10. The van der Waals surface area contributed by atoms with E-state index in [1.807, 2.05) is 11.3 Å². The highest BCUT2D eigenvalue weighted by molar-refractivity contribution is 7.26. The van der Waals surface area contributed by atoms with E-state index in [0.717, 1.165) is 61.2 Å². The zero-order chi connectivity index (χ0) is 47.3. The van der Waals surface area contributed by atoms with Crippen LogP contribution in [0.3, 0.4) is 0 Å². The van der Waals surface area contributed by atoms with Gasteiger partial charge in [0.05, 0.1) is 16.6 Å². The van der Waals surface area contributed by atoms with Crippen LogP contribution in [0.15, 0.2) is 243 Å². The molecule has 15 rings (SSSR count). The van der Waals surface area contributed by atoms with Gasteiger partial charge in [0.25, 0.3) is 0 Å². The Balaban J connectivity index is 0.927. The number of nitrogens with zero attached hydrogens (tertiary/aromatic N) is 4. The lowest BCUT2D eigenvalue weighted by atomic mass is 9.95. The summed E-state index contributed by atoms with van der Waals surface area (Å²) in [7, 11) is 0. The molecule has 334 valence electrons. The molecule has 11 aromatic carbocycles. The minimum absolute atomic E-state index is 0.610. The molecular weight excluding hydrogens is 893 g/mol. The molecular formula is C67H40N4S. The first-order valence-corrected chi connectivity index (χ1v) is 25.2. The van der Waals surface area contributed by atoms with Crippen LogP contribution < -0.4 is 0 Å². The maximum Gasteiger partial charge on any atom is 0.164 e. The van der Waals surface area contributed by atoms with E-state index < -0.39 is 0 Å². The van der Waals surface area contributed by atoms with E-state index >= 15 is 0 Å². The molecule has 0 bridgehead atoms. The lowest BCUT2D eigenvalue weighted by Gasteiger charge is -2.13. The number of hydrogen-bond acceptors (Lipinski definition) is 4. The molecule has 0 radical (unpaired) electrons. The molecule has 4 nitrogen and oxygen atoms in total. The third kappa shape index (κ3) is 6.48. The number of aromatic nitrogens is 4. The van der Waals surface area contributed by atoms with Gasteiger partial charge in [0.2, 0.25) is 0 Å². The first-order chi connectivity index (χ1) is 35.7. The van der Waals surface area contributed by atoms with Crippen LogP contribution in [0.5, 0.6) is 0 Å². The Labute approximate surface area is 418 Å². The van der Waals surface area contributed by atoms with Gasteiger partial charge in [-0.15, -0.1) is 11.3 Å². The zero-order valence-electron chi connectivity index (χ0n) is 38.8. The first kappa shape index (κ1) is 40.6. The van der Waals surface area contributed by atoms with Gasteiger partial charge in [-0.3, -0.25) is 0 Å². The molecule has 0 aliphatic rings. The quantitative estimate of drug-likeness (QED) is 0.160. The largest absolute Gasteiger partial charge is 0.308 e. The van der Waals surface area contributed by atoms with E-state index in [-0.39, 0.29) is 0 Å². The predicted octanol–water partition coefficient (Wildman–Crippen LogP) is 18.2. The number of fused-ring (bicyclic) bond motifs is 7. The highest BCUT2D eigenvalue weighted by atomic mass is 32.1. The second-order valence-corrected chi connectivity index (χ2v) is 19.8. The smallest absolute Gasteiger partial charge is 0.164 e. The molecule has 4 aromatic heterocycles. The second-order valence-electron chi connectivity index (χ2n) is 18.7. The van der Waals surface area contributed by atoms with Crippen molar-refractivity contribution in [1.29, 1.82) is 0 Å². The van der Waals surface area contributed by atoms with E-state index in [9.17, 15) is 0 Å². The van der Waals surface area contributed by atoms with Gasteiger partial charge in [-0.05, 0) is 115 Å². The molecule has 0 N–H and O–H groups in total. The summed E-state index contributed by atoms with van der Waals surface area (Å²) in [6, 6.07) is 87.4. The summed E-state index contributed by atoms with van der Waals surface area (Å²) in [5.74, 6) is 1.83. The molecule has 4 heterocycles. The number of hydrogen-bond donors (Lipinski definition) is 0. The van der Waals surface area contributed by atoms with Crippen molar-refractivity contribution in [2.75, 3.05) is 0 Å². The molecule has 0 saturated heterocycles. The second kappa shape index (κ2) is 16.1. The molecule has 0 amide bonds. The molecule has 5 heteroatoms. The van der Waals surface area contributed by atoms with E-state index in [1.54, 1.807) is 0 Å². The highest BCUT2D eigenvalue weighted by Crippen LogP contribution is 2.48. The van der Waals surface area contributed by atoms with Gasteiger partial charge in [-0.1, -0.05) is 188 Å². The van der Waals surface area contributed by atoms with Crippen molar-refractivity contribution in [3.8, 4) is 78.7 Å². The van der Waals surface area contributed by atoms with E-state index in [1.165, 1.54) is 69.0 Å². The van der Waals surface area contributed by atoms with Crippen LogP contribution in [0.2, 0.25) is 0 Å². The predicted molar refractivity (Wildman–Crippen MR) is 303 cm³/mol. The third-order valence-corrected chi connectivity index (χ3v) is 15.7. The van der Waals surface area contributed by atoms with Crippen LogP contribution >= 0.6 is 11.3 Å². The third-order valence-electron chi connectivity index (χ3n) is 14.5. The van der Waals surface area contributed by atoms with E-state index in [2.05, 4.69) is 247 Å². The summed E-state index contributed by atoms with van der Waals surface area (Å²) in [5, 5.41) is 10.1. The van der Waals surface area contributed by atoms with Gasteiger partial charge in [0, 0.05) is 53.0 Å². The van der Waals surface area contributed by atoms with Crippen LogP contribution in [-0.4, -0.2) is 19.4 Å². The Bertz CT molecular complexity index is 4540. The summed E-state index contributed by atoms with van der Waals surface area (Å²) in [6.07, 6.45) is 0. The molecule has 0 saturated carbocycles.